The van der Waals surface area contributed by atoms with Crippen LogP contribution < -0.4 is 4.74 Å². The molecule has 0 aliphatic carbocycles. The fourth-order valence-electron chi connectivity index (χ4n) is 2.59. The van der Waals surface area contributed by atoms with E-state index in [1.807, 2.05) is 25.1 Å². The van der Waals surface area contributed by atoms with Crippen LogP contribution in [0, 0.1) is 6.92 Å². The summed E-state index contributed by atoms with van der Waals surface area (Å²) in [6.07, 6.45) is 0. The van der Waals surface area contributed by atoms with Gasteiger partial charge in [-0.1, -0.05) is 24.3 Å². The Bertz CT molecular complexity index is 734. The highest BCUT2D eigenvalue weighted by molar-refractivity contribution is 6.21. The summed E-state index contributed by atoms with van der Waals surface area (Å²) in [6.45, 7) is 2.30. The van der Waals surface area contributed by atoms with E-state index in [0.717, 1.165) is 11.1 Å². The van der Waals surface area contributed by atoms with Gasteiger partial charge in [-0.25, -0.2) is 0 Å². The Morgan fingerprint density at radius 2 is 1.65 bits per heavy atom. The van der Waals surface area contributed by atoms with Gasteiger partial charge in [-0.15, -0.1) is 0 Å². The van der Waals surface area contributed by atoms with Crippen molar-refractivity contribution in [3.8, 4) is 5.75 Å². The van der Waals surface area contributed by atoms with Gasteiger partial charge >= 0.3 is 0 Å². The summed E-state index contributed by atoms with van der Waals surface area (Å²) in [5.74, 6) is 0.164. The molecule has 0 unspecified atom stereocenters. The summed E-state index contributed by atoms with van der Waals surface area (Å²) in [5.41, 5.74) is 2.71. The normalized spacial score (nSPS) is 13.4. The topological polar surface area (TPSA) is 55.8 Å². The smallest absolute Gasteiger partial charge is 0.261 e. The van der Waals surface area contributed by atoms with Crippen LogP contribution in [0.2, 0.25) is 0 Å². The number of methoxy groups -OCH3 is 1. The van der Waals surface area contributed by atoms with Gasteiger partial charge in [-0.3, -0.25) is 14.5 Å². The van der Waals surface area contributed by atoms with Gasteiger partial charge in [0.2, 0.25) is 0 Å². The molecule has 2 amide bonds. The molecule has 2 aromatic carbocycles. The molecule has 0 aromatic heterocycles. The predicted molar refractivity (Wildman–Crippen MR) is 84.3 cm³/mol. The van der Waals surface area contributed by atoms with Crippen molar-refractivity contribution < 1.29 is 19.1 Å². The first kappa shape index (κ1) is 15.2. The number of benzene rings is 2. The minimum atomic E-state index is -0.259. The average Bonchev–Trinajstić information content (AvgIpc) is 2.81. The quantitative estimate of drug-likeness (QED) is 0.629. The third-order valence-corrected chi connectivity index (χ3v) is 3.80. The van der Waals surface area contributed by atoms with E-state index < -0.39 is 0 Å². The van der Waals surface area contributed by atoms with Crippen molar-refractivity contribution in [2.45, 2.75) is 13.5 Å². The minimum absolute atomic E-state index is 0.150. The van der Waals surface area contributed by atoms with Crippen molar-refractivity contribution in [1.29, 1.82) is 0 Å². The molecule has 0 N–H and O–H groups in total. The standard InChI is InChI=1S/C18H17NO4/c1-12-7-8-13(9-16(12)23-11-22-2)10-19-17(20)14-5-3-4-6-15(14)18(19)21/h3-9H,10-11H2,1-2H3. The van der Waals surface area contributed by atoms with E-state index in [4.69, 9.17) is 9.47 Å². The van der Waals surface area contributed by atoms with Crippen molar-refractivity contribution in [2.75, 3.05) is 13.9 Å². The van der Waals surface area contributed by atoms with Gasteiger partial charge in [0.15, 0.2) is 6.79 Å². The van der Waals surface area contributed by atoms with E-state index >= 15 is 0 Å². The number of aryl methyl sites for hydroxylation is 1. The molecule has 0 saturated heterocycles. The molecule has 3 rings (SSSR count). The molecule has 0 spiro atoms. The highest BCUT2D eigenvalue weighted by Gasteiger charge is 2.34. The second-order valence-electron chi connectivity index (χ2n) is 5.39. The van der Waals surface area contributed by atoms with Crippen molar-refractivity contribution in [3.05, 3.63) is 64.7 Å². The van der Waals surface area contributed by atoms with Crippen LogP contribution in [0.5, 0.6) is 5.75 Å². The van der Waals surface area contributed by atoms with Crippen LogP contribution >= 0.6 is 0 Å². The van der Waals surface area contributed by atoms with Gasteiger partial charge in [0.1, 0.15) is 5.75 Å². The first-order chi connectivity index (χ1) is 11.1. The average molecular weight is 311 g/mol. The molecule has 0 fully saturated rings. The predicted octanol–water partition coefficient (Wildman–Crippen LogP) is 2.77. The summed E-state index contributed by atoms with van der Waals surface area (Å²) >= 11 is 0. The number of amides is 2. The Morgan fingerprint density at radius 1 is 1.00 bits per heavy atom. The van der Waals surface area contributed by atoms with Gasteiger partial charge in [-0.2, -0.15) is 0 Å². The number of hydrogen-bond acceptors (Lipinski definition) is 4. The molecule has 5 heteroatoms. The number of hydrogen-bond donors (Lipinski definition) is 0. The molecule has 1 aliphatic rings. The first-order valence-electron chi connectivity index (χ1n) is 7.28. The van der Waals surface area contributed by atoms with Crippen LogP contribution in [0.1, 0.15) is 31.8 Å². The van der Waals surface area contributed by atoms with Gasteiger partial charge < -0.3 is 9.47 Å². The Hall–Kier alpha value is -2.66. The molecule has 5 nitrogen and oxygen atoms in total. The van der Waals surface area contributed by atoms with E-state index in [-0.39, 0.29) is 25.2 Å². The lowest BCUT2D eigenvalue weighted by molar-refractivity contribution is 0.0503. The monoisotopic (exact) mass is 311 g/mol. The molecular formula is C18H17NO4. The first-order valence-corrected chi connectivity index (χ1v) is 7.28. The molecular weight excluding hydrogens is 294 g/mol. The Morgan fingerprint density at radius 3 is 2.26 bits per heavy atom. The Balaban J connectivity index is 1.83. The Kier molecular flexibility index (Phi) is 4.12. The maximum Gasteiger partial charge on any atom is 0.261 e. The SMILES string of the molecule is COCOc1cc(CN2C(=O)c3ccccc3C2=O)ccc1C. The largest absolute Gasteiger partial charge is 0.467 e. The van der Waals surface area contributed by atoms with Crippen LogP contribution in [0.3, 0.4) is 0 Å². The molecule has 2 aromatic rings. The lowest BCUT2D eigenvalue weighted by atomic mass is 10.1. The lowest BCUT2D eigenvalue weighted by Crippen LogP contribution is -2.29. The molecule has 118 valence electrons. The number of ether oxygens (including phenoxy) is 2. The third kappa shape index (κ3) is 2.83. The molecule has 0 radical (unpaired) electrons. The van der Waals surface area contributed by atoms with Crippen LogP contribution in [0.25, 0.3) is 0 Å². The van der Waals surface area contributed by atoms with Gasteiger partial charge in [-0.05, 0) is 36.2 Å². The van der Waals surface area contributed by atoms with Crippen molar-refractivity contribution in [3.63, 3.8) is 0 Å². The van der Waals surface area contributed by atoms with Crippen molar-refractivity contribution >= 4 is 11.8 Å². The van der Waals surface area contributed by atoms with Crippen LogP contribution in [-0.4, -0.2) is 30.6 Å². The van der Waals surface area contributed by atoms with Gasteiger partial charge in [0.25, 0.3) is 11.8 Å². The maximum absolute atomic E-state index is 12.4. The van der Waals surface area contributed by atoms with E-state index in [2.05, 4.69) is 0 Å². The third-order valence-electron chi connectivity index (χ3n) is 3.80. The fraction of sp³-hybridized carbons (Fsp3) is 0.222. The van der Waals surface area contributed by atoms with E-state index in [0.29, 0.717) is 16.9 Å². The van der Waals surface area contributed by atoms with Crippen LogP contribution in [0.4, 0.5) is 0 Å². The molecule has 1 aliphatic heterocycles. The number of fused-ring (bicyclic) bond motifs is 1. The Labute approximate surface area is 134 Å². The zero-order chi connectivity index (χ0) is 16.4. The number of carbonyl (C=O) groups is 2. The summed E-state index contributed by atoms with van der Waals surface area (Å²) < 4.78 is 10.4. The van der Waals surface area contributed by atoms with E-state index in [9.17, 15) is 9.59 Å². The molecule has 23 heavy (non-hydrogen) atoms. The van der Waals surface area contributed by atoms with Crippen LogP contribution in [0.15, 0.2) is 42.5 Å². The summed E-state index contributed by atoms with van der Waals surface area (Å²) in [6, 6.07) is 12.5. The van der Waals surface area contributed by atoms with Crippen molar-refractivity contribution in [2.24, 2.45) is 0 Å². The number of imide groups is 1. The number of carbonyl (C=O) groups excluding carboxylic acids is 2. The zero-order valence-electron chi connectivity index (χ0n) is 13.0. The molecule has 1 heterocycles. The molecule has 0 atom stereocenters. The number of nitrogens with zero attached hydrogens (tertiary/aromatic N) is 1. The summed E-state index contributed by atoms with van der Waals surface area (Å²) in [5, 5.41) is 0. The highest BCUT2D eigenvalue weighted by Crippen LogP contribution is 2.26. The van der Waals surface area contributed by atoms with E-state index in [1.165, 1.54) is 4.90 Å². The molecule has 0 saturated carbocycles. The second kappa shape index (κ2) is 6.22. The fourth-order valence-corrected chi connectivity index (χ4v) is 2.59. The van der Waals surface area contributed by atoms with E-state index in [1.54, 1.807) is 31.4 Å². The summed E-state index contributed by atoms with van der Waals surface area (Å²) in [7, 11) is 1.55. The van der Waals surface area contributed by atoms with Gasteiger partial charge in [0.05, 0.1) is 17.7 Å². The van der Waals surface area contributed by atoms with Crippen LogP contribution in [-0.2, 0) is 11.3 Å². The minimum Gasteiger partial charge on any atom is -0.467 e. The highest BCUT2D eigenvalue weighted by atomic mass is 16.7. The zero-order valence-corrected chi connectivity index (χ0v) is 13.0. The van der Waals surface area contributed by atoms with Crippen molar-refractivity contribution in [1.82, 2.24) is 4.90 Å². The second-order valence-corrected chi connectivity index (χ2v) is 5.39. The van der Waals surface area contributed by atoms with Gasteiger partial charge in [0, 0.05) is 7.11 Å². The maximum atomic E-state index is 12.4. The number of rotatable bonds is 5. The molecule has 0 bridgehead atoms. The lowest BCUT2D eigenvalue weighted by Gasteiger charge is -2.15. The summed E-state index contributed by atoms with van der Waals surface area (Å²) in [4.78, 5) is 26.0.